The van der Waals surface area contributed by atoms with Crippen molar-refractivity contribution in [1.82, 2.24) is 14.5 Å². The fourth-order valence-corrected chi connectivity index (χ4v) is 5.81. The third-order valence-corrected chi connectivity index (χ3v) is 7.73. The summed E-state index contributed by atoms with van der Waals surface area (Å²) in [6, 6.07) is 20.0. The van der Waals surface area contributed by atoms with Crippen LogP contribution in [0.15, 0.2) is 82.5 Å². The van der Waals surface area contributed by atoms with E-state index in [1.165, 1.54) is 0 Å². The summed E-state index contributed by atoms with van der Waals surface area (Å²) >= 11 is 6.19. The van der Waals surface area contributed by atoms with Gasteiger partial charge in [0.25, 0.3) is 5.56 Å². The van der Waals surface area contributed by atoms with E-state index in [1.54, 1.807) is 48.0 Å². The number of halogens is 1. The Morgan fingerprint density at radius 1 is 1.12 bits per heavy atom. The molecule has 1 aliphatic rings. The minimum Gasteiger partial charge on any atom is -0.477 e. The Balaban J connectivity index is 1.63. The normalized spacial score (nSPS) is 16.1. The number of nitrogens with one attached hydrogen (secondary N) is 2. The Labute approximate surface area is 248 Å². The number of carboxylic acid groups (broad SMARTS) is 1. The van der Waals surface area contributed by atoms with E-state index in [0.717, 1.165) is 30.5 Å². The van der Waals surface area contributed by atoms with Crippen LogP contribution in [-0.2, 0) is 0 Å². The van der Waals surface area contributed by atoms with E-state index in [2.05, 4.69) is 15.2 Å². The third-order valence-electron chi connectivity index (χ3n) is 7.49. The number of ether oxygens (including phenoxy) is 1. The first kappa shape index (κ1) is 29.2. The molecule has 0 radical (unpaired) electrons. The number of hydrogen-bond donors (Lipinski definition) is 3. The minimum atomic E-state index is -1.11. The van der Waals surface area contributed by atoms with Crippen molar-refractivity contribution in [2.75, 3.05) is 25.0 Å². The highest BCUT2D eigenvalue weighted by Gasteiger charge is 2.31. The fourth-order valence-electron chi connectivity index (χ4n) is 5.63. The zero-order valence-corrected chi connectivity index (χ0v) is 24.2. The number of carbonyl (C=O) groups is 1. The zero-order chi connectivity index (χ0) is 29.8. The van der Waals surface area contributed by atoms with Gasteiger partial charge in [0.15, 0.2) is 0 Å². The summed E-state index contributed by atoms with van der Waals surface area (Å²) in [6.07, 6.45) is 3.25. The quantitative estimate of drug-likeness (QED) is 0.225. The van der Waals surface area contributed by atoms with Crippen LogP contribution in [0.3, 0.4) is 0 Å². The number of nitrogens with zero attached hydrogens (tertiary/aromatic N) is 2. The molecule has 2 atom stereocenters. The number of piperidine rings is 1. The molecular weight excluding hydrogens is 556 g/mol. The van der Waals surface area contributed by atoms with Gasteiger partial charge in [0.05, 0.1) is 17.8 Å². The highest BCUT2D eigenvalue weighted by Crippen LogP contribution is 2.40. The van der Waals surface area contributed by atoms with Gasteiger partial charge in [0.2, 0.25) is 0 Å². The Hall–Kier alpha value is -4.34. The second-order valence-electron chi connectivity index (χ2n) is 10.4. The minimum absolute atomic E-state index is 0.0270. The number of H-pyrrole nitrogens is 1. The number of carboxylic acids is 1. The molecule has 5 rings (SSSR count). The molecule has 1 aromatic heterocycles. The molecular formula is C32H33ClN4O5. The first-order valence-electron chi connectivity index (χ1n) is 13.9. The Bertz CT molecular complexity index is 1700. The van der Waals surface area contributed by atoms with Gasteiger partial charge in [-0.05, 0) is 74.7 Å². The number of likely N-dealkylation sites (tertiary alicyclic amines) is 1. The van der Waals surface area contributed by atoms with Crippen molar-refractivity contribution in [2.45, 2.75) is 38.8 Å². The first-order chi connectivity index (χ1) is 20.2. The second-order valence-corrected chi connectivity index (χ2v) is 10.9. The van der Waals surface area contributed by atoms with Crippen molar-refractivity contribution in [3.63, 3.8) is 0 Å². The monoisotopic (exact) mass is 588 g/mol. The largest absolute Gasteiger partial charge is 0.477 e. The van der Waals surface area contributed by atoms with E-state index in [4.69, 9.17) is 16.3 Å². The van der Waals surface area contributed by atoms with Gasteiger partial charge in [-0.25, -0.2) is 9.59 Å². The number of hydrogen-bond acceptors (Lipinski definition) is 6. The first-order valence-corrected chi connectivity index (χ1v) is 14.3. The lowest BCUT2D eigenvalue weighted by Crippen LogP contribution is -2.43. The topological polar surface area (TPSA) is 117 Å². The van der Waals surface area contributed by atoms with Crippen LogP contribution < -0.4 is 21.3 Å². The highest BCUT2D eigenvalue weighted by atomic mass is 35.5. The average Bonchev–Trinajstić information content (AvgIpc) is 2.96. The van der Waals surface area contributed by atoms with E-state index < -0.39 is 11.7 Å². The average molecular weight is 589 g/mol. The smallest absolute Gasteiger partial charge is 0.341 e. The van der Waals surface area contributed by atoms with Gasteiger partial charge in [-0.1, -0.05) is 48.0 Å². The number of benzene rings is 3. The van der Waals surface area contributed by atoms with Crippen molar-refractivity contribution in [3.8, 4) is 11.5 Å². The number of aryl methyl sites for hydroxylation is 1. The number of aromatic nitrogens is 2. The summed E-state index contributed by atoms with van der Waals surface area (Å²) in [5.41, 5.74) is 2.00. The van der Waals surface area contributed by atoms with Crippen LogP contribution in [0.25, 0.3) is 0 Å². The molecule has 218 valence electrons. The summed E-state index contributed by atoms with van der Waals surface area (Å²) in [7, 11) is 0. The number of rotatable bonds is 9. The van der Waals surface area contributed by atoms with Crippen LogP contribution in [0.5, 0.6) is 11.5 Å². The lowest BCUT2D eigenvalue weighted by atomic mass is 9.92. The number of aromatic carboxylic acids is 1. The molecule has 3 aromatic carbocycles. The Morgan fingerprint density at radius 2 is 1.90 bits per heavy atom. The zero-order valence-electron chi connectivity index (χ0n) is 23.5. The molecule has 2 heterocycles. The summed E-state index contributed by atoms with van der Waals surface area (Å²) in [5, 5.41) is 13.9. The van der Waals surface area contributed by atoms with E-state index in [-0.39, 0.29) is 29.0 Å². The van der Waals surface area contributed by atoms with Gasteiger partial charge in [0, 0.05) is 29.9 Å². The van der Waals surface area contributed by atoms with Crippen molar-refractivity contribution in [1.29, 1.82) is 0 Å². The molecule has 0 aliphatic carbocycles. The molecule has 0 saturated carbocycles. The molecule has 9 nitrogen and oxygen atoms in total. The van der Waals surface area contributed by atoms with Crippen LogP contribution >= 0.6 is 11.6 Å². The lowest BCUT2D eigenvalue weighted by molar-refractivity contribution is 0.0695. The Morgan fingerprint density at radius 3 is 2.62 bits per heavy atom. The van der Waals surface area contributed by atoms with Gasteiger partial charge in [-0.15, -0.1) is 0 Å². The molecule has 0 amide bonds. The van der Waals surface area contributed by atoms with Crippen LogP contribution in [0.1, 0.15) is 58.9 Å². The van der Waals surface area contributed by atoms with Gasteiger partial charge in [-0.2, -0.15) is 0 Å². The summed E-state index contributed by atoms with van der Waals surface area (Å²) in [6.45, 7) is 5.41. The van der Waals surface area contributed by atoms with Gasteiger partial charge >= 0.3 is 11.7 Å². The molecule has 1 saturated heterocycles. The molecule has 3 N–H and O–H groups in total. The SMILES string of the molecule is CCNc1cc([C@@H](c2ccccc2)N2CCC[C@H](n3cc(C)c(=O)[nH]c3=O)C2)cc(Oc2cccc(Cl)c2)c1C(=O)O. The number of anilines is 1. The molecule has 42 heavy (non-hydrogen) atoms. The van der Waals surface area contributed by atoms with Crippen molar-refractivity contribution < 1.29 is 14.6 Å². The molecule has 10 heteroatoms. The maximum absolute atomic E-state index is 12.8. The molecule has 0 unspecified atom stereocenters. The van der Waals surface area contributed by atoms with E-state index in [0.29, 0.717) is 35.1 Å². The Kier molecular flexibility index (Phi) is 8.80. The third kappa shape index (κ3) is 6.27. The van der Waals surface area contributed by atoms with E-state index >= 15 is 0 Å². The maximum atomic E-state index is 12.8. The molecule has 4 aromatic rings. The summed E-state index contributed by atoms with van der Waals surface area (Å²) < 4.78 is 7.80. The van der Waals surface area contributed by atoms with Gasteiger partial charge in [0.1, 0.15) is 17.1 Å². The predicted octanol–water partition coefficient (Wildman–Crippen LogP) is 5.85. The van der Waals surface area contributed by atoms with E-state index in [9.17, 15) is 19.5 Å². The second kappa shape index (κ2) is 12.7. The summed E-state index contributed by atoms with van der Waals surface area (Å²) in [5.74, 6) is -0.497. The number of aromatic amines is 1. The predicted molar refractivity (Wildman–Crippen MR) is 163 cm³/mol. The molecule has 1 fully saturated rings. The van der Waals surface area contributed by atoms with Gasteiger partial charge in [-0.3, -0.25) is 19.2 Å². The van der Waals surface area contributed by atoms with Crippen molar-refractivity contribution in [3.05, 3.63) is 121 Å². The fraction of sp³-hybridized carbons (Fsp3) is 0.281. The van der Waals surface area contributed by atoms with Gasteiger partial charge < -0.3 is 15.2 Å². The summed E-state index contributed by atoms with van der Waals surface area (Å²) in [4.78, 5) is 42.0. The van der Waals surface area contributed by atoms with Crippen LogP contribution in [-0.4, -0.2) is 45.2 Å². The highest BCUT2D eigenvalue weighted by molar-refractivity contribution is 6.30. The van der Waals surface area contributed by atoms with Crippen molar-refractivity contribution in [2.24, 2.45) is 0 Å². The van der Waals surface area contributed by atoms with Crippen LogP contribution in [0.4, 0.5) is 5.69 Å². The molecule has 0 bridgehead atoms. The van der Waals surface area contributed by atoms with Crippen LogP contribution in [0, 0.1) is 6.92 Å². The van der Waals surface area contributed by atoms with Crippen LogP contribution in [0.2, 0.25) is 5.02 Å². The maximum Gasteiger partial charge on any atom is 0.341 e. The standard InChI is InChI=1S/C32H33ClN4O5/c1-3-34-26-15-22(16-27(28(26)31(39)40)42-25-13-7-11-23(33)17-25)29(21-9-5-4-6-10-21)36-14-8-12-24(19-36)37-18-20(2)30(38)35-32(37)41/h4-7,9-11,13,15-18,24,29,34H,3,8,12,14,19H2,1-2H3,(H,39,40)(H,35,38,41)/t24-,29+/m0/s1. The lowest BCUT2D eigenvalue weighted by Gasteiger charge is -2.39. The van der Waals surface area contributed by atoms with Crippen molar-refractivity contribution >= 4 is 23.3 Å². The molecule has 0 spiro atoms. The van der Waals surface area contributed by atoms with E-state index in [1.807, 2.05) is 43.3 Å². The molecule has 1 aliphatic heterocycles.